The fourth-order valence-electron chi connectivity index (χ4n) is 2.10. The van der Waals surface area contributed by atoms with Gasteiger partial charge in [-0.2, -0.15) is 0 Å². The van der Waals surface area contributed by atoms with Crippen LogP contribution in [0.15, 0.2) is 29.2 Å². The van der Waals surface area contributed by atoms with Crippen LogP contribution in [0.1, 0.15) is 32.8 Å². The molecule has 7 heteroatoms. The zero-order valence-electron chi connectivity index (χ0n) is 15.2. The minimum atomic E-state index is -0.584. The van der Waals surface area contributed by atoms with Gasteiger partial charge in [0, 0.05) is 0 Å². The Morgan fingerprint density at radius 3 is 2.54 bits per heavy atom. The van der Waals surface area contributed by atoms with Gasteiger partial charge in [-0.25, -0.2) is 0 Å². The lowest BCUT2D eigenvalue weighted by atomic mass is 10.2. The molecule has 140 valence electrons. The van der Waals surface area contributed by atoms with Crippen molar-refractivity contribution < 1.29 is 23.9 Å². The molecule has 0 N–H and O–H groups in total. The number of amides is 2. The van der Waals surface area contributed by atoms with E-state index in [0.717, 1.165) is 34.4 Å². The summed E-state index contributed by atoms with van der Waals surface area (Å²) in [5.41, 5.74) is 0.779. The SMILES string of the molecule is CCCOc1ccc(/C=C2\SC(=O)N(CC(=O)OCC(C)C)C2=O)cc1. The third-order valence-corrected chi connectivity index (χ3v) is 4.30. The third kappa shape index (κ3) is 5.62. The average Bonchev–Trinajstić information content (AvgIpc) is 2.87. The highest BCUT2D eigenvalue weighted by Crippen LogP contribution is 2.32. The fourth-order valence-corrected chi connectivity index (χ4v) is 2.94. The number of carbonyl (C=O) groups excluding carboxylic acids is 3. The van der Waals surface area contributed by atoms with Crippen LogP contribution in [0.4, 0.5) is 4.79 Å². The quantitative estimate of drug-likeness (QED) is 0.508. The van der Waals surface area contributed by atoms with E-state index >= 15 is 0 Å². The van der Waals surface area contributed by atoms with Crippen molar-refractivity contribution in [2.45, 2.75) is 27.2 Å². The van der Waals surface area contributed by atoms with Crippen LogP contribution in [-0.2, 0) is 14.3 Å². The molecular weight excluding hydrogens is 354 g/mol. The minimum absolute atomic E-state index is 0.193. The van der Waals surface area contributed by atoms with Gasteiger partial charge in [0.25, 0.3) is 11.1 Å². The van der Waals surface area contributed by atoms with Crippen molar-refractivity contribution in [3.05, 3.63) is 34.7 Å². The van der Waals surface area contributed by atoms with Crippen molar-refractivity contribution in [1.29, 1.82) is 0 Å². The van der Waals surface area contributed by atoms with Crippen LogP contribution >= 0.6 is 11.8 Å². The molecule has 1 heterocycles. The van der Waals surface area contributed by atoms with Gasteiger partial charge in [-0.3, -0.25) is 19.3 Å². The fraction of sp³-hybridized carbons (Fsp3) is 0.421. The molecule has 0 radical (unpaired) electrons. The highest BCUT2D eigenvalue weighted by Gasteiger charge is 2.36. The van der Waals surface area contributed by atoms with E-state index in [2.05, 4.69) is 0 Å². The molecule has 0 unspecified atom stereocenters. The topological polar surface area (TPSA) is 72.9 Å². The van der Waals surface area contributed by atoms with E-state index in [9.17, 15) is 14.4 Å². The summed E-state index contributed by atoms with van der Waals surface area (Å²) in [5, 5.41) is -0.467. The number of esters is 1. The molecule has 1 aromatic rings. The Balaban J connectivity index is 2.00. The number of ether oxygens (including phenoxy) is 2. The highest BCUT2D eigenvalue weighted by molar-refractivity contribution is 8.18. The summed E-state index contributed by atoms with van der Waals surface area (Å²) in [6.07, 6.45) is 2.56. The maximum Gasteiger partial charge on any atom is 0.326 e. The number of rotatable bonds is 8. The summed E-state index contributed by atoms with van der Waals surface area (Å²) in [6.45, 7) is 6.40. The summed E-state index contributed by atoms with van der Waals surface area (Å²) in [5.74, 6) is -0.115. The molecule has 26 heavy (non-hydrogen) atoms. The molecule has 0 spiro atoms. The molecule has 0 bridgehead atoms. The number of hydrogen-bond donors (Lipinski definition) is 0. The summed E-state index contributed by atoms with van der Waals surface area (Å²) in [7, 11) is 0. The van der Waals surface area contributed by atoms with E-state index < -0.39 is 17.1 Å². The highest BCUT2D eigenvalue weighted by atomic mass is 32.2. The summed E-state index contributed by atoms with van der Waals surface area (Å²) >= 11 is 0.821. The summed E-state index contributed by atoms with van der Waals surface area (Å²) < 4.78 is 10.5. The lowest BCUT2D eigenvalue weighted by Gasteiger charge is -2.12. The average molecular weight is 377 g/mol. The molecule has 6 nitrogen and oxygen atoms in total. The first kappa shape index (κ1) is 20.0. The van der Waals surface area contributed by atoms with Crippen LogP contribution in [0.25, 0.3) is 6.08 Å². The van der Waals surface area contributed by atoms with Gasteiger partial charge in [-0.15, -0.1) is 0 Å². The van der Waals surface area contributed by atoms with E-state index in [1.54, 1.807) is 6.08 Å². The smallest absolute Gasteiger partial charge is 0.326 e. The zero-order valence-corrected chi connectivity index (χ0v) is 16.0. The van der Waals surface area contributed by atoms with Crippen molar-refractivity contribution in [3.63, 3.8) is 0 Å². The van der Waals surface area contributed by atoms with Crippen molar-refractivity contribution >= 4 is 35.0 Å². The van der Waals surface area contributed by atoms with E-state index in [1.165, 1.54) is 0 Å². The van der Waals surface area contributed by atoms with Crippen LogP contribution in [0.3, 0.4) is 0 Å². The first-order valence-corrected chi connectivity index (χ1v) is 9.36. The van der Waals surface area contributed by atoms with Gasteiger partial charge >= 0.3 is 5.97 Å². The molecule has 0 aliphatic carbocycles. The van der Waals surface area contributed by atoms with E-state index in [0.29, 0.717) is 6.61 Å². The molecule has 2 amide bonds. The van der Waals surface area contributed by atoms with Crippen LogP contribution in [0, 0.1) is 5.92 Å². The van der Waals surface area contributed by atoms with Crippen LogP contribution in [0.2, 0.25) is 0 Å². The van der Waals surface area contributed by atoms with E-state index in [1.807, 2.05) is 45.0 Å². The van der Waals surface area contributed by atoms with Gasteiger partial charge in [0.15, 0.2) is 0 Å². The number of imide groups is 1. The Hall–Kier alpha value is -2.28. The Morgan fingerprint density at radius 2 is 1.92 bits per heavy atom. The molecule has 1 saturated heterocycles. The maximum absolute atomic E-state index is 12.4. The Bertz CT molecular complexity index is 696. The number of carbonyl (C=O) groups is 3. The lowest BCUT2D eigenvalue weighted by molar-refractivity contribution is -0.147. The molecule has 2 rings (SSSR count). The standard InChI is InChI=1S/C19H23NO5S/c1-4-9-24-15-7-5-14(6-8-15)10-16-18(22)20(19(23)26-16)11-17(21)25-12-13(2)3/h5-8,10,13H,4,9,11-12H2,1-3H3/b16-10-. The van der Waals surface area contributed by atoms with Gasteiger partial charge in [-0.1, -0.05) is 32.9 Å². The molecular formula is C19H23NO5S. The molecule has 0 saturated carbocycles. The molecule has 1 aliphatic heterocycles. The van der Waals surface area contributed by atoms with Gasteiger partial charge in [0.2, 0.25) is 0 Å². The summed E-state index contributed by atoms with van der Waals surface area (Å²) in [4.78, 5) is 37.4. The van der Waals surface area contributed by atoms with Crippen LogP contribution in [0.5, 0.6) is 5.75 Å². The van der Waals surface area contributed by atoms with Crippen molar-refractivity contribution in [3.8, 4) is 5.75 Å². The molecule has 1 aromatic carbocycles. The van der Waals surface area contributed by atoms with Crippen LogP contribution in [-0.4, -0.2) is 41.8 Å². The lowest BCUT2D eigenvalue weighted by Crippen LogP contribution is -2.34. The van der Waals surface area contributed by atoms with Gasteiger partial charge in [-0.05, 0) is 47.9 Å². The molecule has 0 atom stereocenters. The van der Waals surface area contributed by atoms with Crippen molar-refractivity contribution in [2.75, 3.05) is 19.8 Å². The predicted octanol–water partition coefficient (Wildman–Crippen LogP) is 3.71. The summed E-state index contributed by atoms with van der Waals surface area (Å²) in [6, 6.07) is 7.26. The first-order valence-electron chi connectivity index (χ1n) is 8.54. The molecule has 1 aliphatic rings. The maximum atomic E-state index is 12.4. The number of benzene rings is 1. The van der Waals surface area contributed by atoms with Crippen LogP contribution < -0.4 is 4.74 Å². The van der Waals surface area contributed by atoms with Gasteiger partial charge in [0.1, 0.15) is 12.3 Å². The number of nitrogens with zero attached hydrogens (tertiary/aromatic N) is 1. The Labute approximate surface area is 157 Å². The predicted molar refractivity (Wildman–Crippen MR) is 101 cm³/mol. The normalized spacial score (nSPS) is 15.8. The largest absolute Gasteiger partial charge is 0.494 e. The number of hydrogen-bond acceptors (Lipinski definition) is 6. The monoisotopic (exact) mass is 377 g/mol. The molecule has 0 aromatic heterocycles. The first-order chi connectivity index (χ1) is 12.4. The number of thioether (sulfide) groups is 1. The Kier molecular flexibility index (Phi) is 7.26. The second-order valence-electron chi connectivity index (χ2n) is 6.26. The Morgan fingerprint density at radius 1 is 1.23 bits per heavy atom. The van der Waals surface area contributed by atoms with Crippen molar-refractivity contribution in [2.24, 2.45) is 5.92 Å². The zero-order chi connectivity index (χ0) is 19.1. The van der Waals surface area contributed by atoms with E-state index in [4.69, 9.17) is 9.47 Å². The van der Waals surface area contributed by atoms with Gasteiger partial charge in [0.05, 0.1) is 18.1 Å². The van der Waals surface area contributed by atoms with Gasteiger partial charge < -0.3 is 9.47 Å². The second-order valence-corrected chi connectivity index (χ2v) is 7.26. The van der Waals surface area contributed by atoms with E-state index in [-0.39, 0.29) is 24.0 Å². The minimum Gasteiger partial charge on any atom is -0.494 e. The van der Waals surface area contributed by atoms with Crippen molar-refractivity contribution in [1.82, 2.24) is 4.90 Å². The second kappa shape index (κ2) is 9.43. The third-order valence-electron chi connectivity index (χ3n) is 3.39. The molecule has 1 fully saturated rings.